The number of pyridine rings is 1. The summed E-state index contributed by atoms with van der Waals surface area (Å²) in [4.78, 5) is 14.5. The second kappa shape index (κ2) is 5.96. The van der Waals surface area contributed by atoms with Crippen molar-refractivity contribution in [2.24, 2.45) is 0 Å². The Balaban J connectivity index is 3.14. The highest BCUT2D eigenvalue weighted by Crippen LogP contribution is 2.31. The van der Waals surface area contributed by atoms with Crippen LogP contribution in [-0.2, 0) is 21.8 Å². The van der Waals surface area contributed by atoms with Crippen LogP contribution in [0.1, 0.15) is 11.3 Å². The van der Waals surface area contributed by atoms with E-state index in [-0.39, 0.29) is 23.6 Å². The molecule has 19 heavy (non-hydrogen) atoms. The van der Waals surface area contributed by atoms with E-state index in [4.69, 9.17) is 11.6 Å². The summed E-state index contributed by atoms with van der Waals surface area (Å²) in [5.74, 6) is -2.71. The van der Waals surface area contributed by atoms with E-state index >= 15 is 0 Å². The Bertz CT molecular complexity index is 479. The average Bonchev–Trinajstić information content (AvgIpc) is 2.31. The number of carbonyl (C=O) groups is 1. The van der Waals surface area contributed by atoms with Crippen molar-refractivity contribution in [3.8, 4) is 11.6 Å². The van der Waals surface area contributed by atoms with Crippen LogP contribution in [0.5, 0.6) is 11.6 Å². The molecule has 1 rings (SSSR count). The van der Waals surface area contributed by atoms with Crippen LogP contribution in [0.2, 0.25) is 0 Å². The third-order valence-corrected chi connectivity index (χ3v) is 2.32. The molecule has 0 saturated heterocycles. The number of aromatic hydroxyl groups is 1. The second-order valence-electron chi connectivity index (χ2n) is 3.35. The maximum Gasteiger partial charge on any atom is 0.574 e. The van der Waals surface area contributed by atoms with Crippen LogP contribution in [0.4, 0.5) is 13.2 Å². The van der Waals surface area contributed by atoms with Gasteiger partial charge >= 0.3 is 12.3 Å². The number of ether oxygens (including phenoxy) is 2. The number of methoxy groups -OCH3 is 1. The lowest BCUT2D eigenvalue weighted by molar-refractivity contribution is -0.276. The van der Waals surface area contributed by atoms with Crippen molar-refractivity contribution in [3.63, 3.8) is 0 Å². The minimum absolute atomic E-state index is 0.0566. The Morgan fingerprint density at radius 3 is 2.63 bits per heavy atom. The van der Waals surface area contributed by atoms with Crippen molar-refractivity contribution in [2.75, 3.05) is 7.11 Å². The fourth-order valence-corrected chi connectivity index (χ4v) is 1.46. The molecule has 1 N–H and O–H groups in total. The zero-order chi connectivity index (χ0) is 14.6. The predicted molar refractivity (Wildman–Crippen MR) is 57.9 cm³/mol. The highest BCUT2D eigenvalue weighted by atomic mass is 35.5. The number of nitrogens with zero attached hydrogens (tertiary/aromatic N) is 1. The van der Waals surface area contributed by atoms with Gasteiger partial charge in [-0.3, -0.25) is 4.79 Å². The van der Waals surface area contributed by atoms with Crippen molar-refractivity contribution in [1.82, 2.24) is 4.98 Å². The van der Waals surface area contributed by atoms with Crippen molar-refractivity contribution in [1.29, 1.82) is 0 Å². The number of halogens is 4. The number of alkyl halides is 4. The zero-order valence-electron chi connectivity index (χ0n) is 9.62. The summed E-state index contributed by atoms with van der Waals surface area (Å²) in [5, 5.41) is 9.34. The molecule has 0 aliphatic carbocycles. The van der Waals surface area contributed by atoms with Crippen LogP contribution in [0.15, 0.2) is 6.07 Å². The quantitative estimate of drug-likeness (QED) is 0.681. The fraction of sp³-hybridized carbons (Fsp3) is 0.400. The Morgan fingerprint density at radius 2 is 2.16 bits per heavy atom. The lowest BCUT2D eigenvalue weighted by Gasteiger charge is -2.12. The number of carbonyl (C=O) groups excluding carboxylic acids is 1. The molecular formula is C10H9ClF3NO4. The first-order valence-corrected chi connectivity index (χ1v) is 5.40. The summed E-state index contributed by atoms with van der Waals surface area (Å²) >= 11 is 5.55. The molecule has 0 unspecified atom stereocenters. The van der Waals surface area contributed by atoms with Gasteiger partial charge in [0.2, 0.25) is 0 Å². The summed E-state index contributed by atoms with van der Waals surface area (Å²) in [6, 6.07) is 0.958. The fourth-order valence-electron chi connectivity index (χ4n) is 1.22. The predicted octanol–water partition coefficient (Wildman–Crippen LogP) is 2.14. The van der Waals surface area contributed by atoms with Gasteiger partial charge in [0.1, 0.15) is 0 Å². The van der Waals surface area contributed by atoms with Gasteiger partial charge in [-0.1, -0.05) is 0 Å². The van der Waals surface area contributed by atoms with Crippen molar-refractivity contribution < 1.29 is 32.5 Å². The molecule has 9 heteroatoms. The van der Waals surface area contributed by atoms with E-state index in [1.807, 2.05) is 0 Å². The molecule has 0 aromatic carbocycles. The first-order valence-electron chi connectivity index (χ1n) is 4.87. The second-order valence-corrected chi connectivity index (χ2v) is 3.62. The number of hydrogen-bond acceptors (Lipinski definition) is 5. The SMILES string of the molecule is COC(=O)Cc1nc(OC(F)(F)F)c(O)cc1CCl. The van der Waals surface area contributed by atoms with Gasteiger partial charge in [-0.25, -0.2) is 4.98 Å². The summed E-state index contributed by atoms with van der Waals surface area (Å²) in [5.41, 5.74) is 0.151. The molecule has 0 aliphatic heterocycles. The Hall–Kier alpha value is -1.70. The molecule has 1 heterocycles. The van der Waals surface area contributed by atoms with Gasteiger partial charge in [0.05, 0.1) is 19.2 Å². The number of hydrogen-bond donors (Lipinski definition) is 1. The Morgan fingerprint density at radius 1 is 1.53 bits per heavy atom. The van der Waals surface area contributed by atoms with E-state index in [0.717, 1.165) is 13.2 Å². The van der Waals surface area contributed by atoms with Gasteiger partial charge in [-0.15, -0.1) is 24.8 Å². The molecule has 5 nitrogen and oxygen atoms in total. The van der Waals surface area contributed by atoms with Gasteiger partial charge in [0, 0.05) is 5.88 Å². The molecule has 0 aliphatic rings. The molecule has 0 radical (unpaired) electrons. The van der Waals surface area contributed by atoms with Gasteiger partial charge in [-0.2, -0.15) is 0 Å². The molecule has 1 aromatic rings. The smallest absolute Gasteiger partial charge is 0.503 e. The maximum atomic E-state index is 12.1. The minimum Gasteiger partial charge on any atom is -0.503 e. The summed E-state index contributed by atoms with van der Waals surface area (Å²) < 4.78 is 44.1. The van der Waals surface area contributed by atoms with Gasteiger partial charge in [0.15, 0.2) is 5.75 Å². The molecule has 0 saturated carbocycles. The monoisotopic (exact) mass is 299 g/mol. The highest BCUT2D eigenvalue weighted by molar-refractivity contribution is 6.17. The van der Waals surface area contributed by atoms with Crippen LogP contribution in [0.25, 0.3) is 0 Å². The highest BCUT2D eigenvalue weighted by Gasteiger charge is 2.33. The van der Waals surface area contributed by atoms with E-state index < -0.39 is 24.0 Å². The van der Waals surface area contributed by atoms with E-state index in [1.165, 1.54) is 0 Å². The third kappa shape index (κ3) is 4.47. The van der Waals surface area contributed by atoms with Crippen LogP contribution in [-0.4, -0.2) is 29.5 Å². The van der Waals surface area contributed by atoms with Crippen molar-refractivity contribution in [2.45, 2.75) is 18.7 Å². The molecule has 0 amide bonds. The maximum absolute atomic E-state index is 12.1. The van der Waals surface area contributed by atoms with Gasteiger partial charge < -0.3 is 14.6 Å². The van der Waals surface area contributed by atoms with Gasteiger partial charge in [-0.05, 0) is 11.6 Å². The number of rotatable bonds is 4. The van der Waals surface area contributed by atoms with E-state index in [0.29, 0.717) is 0 Å². The first-order chi connectivity index (χ1) is 8.76. The van der Waals surface area contributed by atoms with Gasteiger partial charge in [0.25, 0.3) is 5.88 Å². The van der Waals surface area contributed by atoms with Crippen LogP contribution < -0.4 is 4.74 Å². The molecular weight excluding hydrogens is 291 g/mol. The standard InChI is InChI=1S/C10H9ClF3NO4/c1-18-8(17)3-6-5(4-11)2-7(16)9(15-6)19-10(12,13)14/h2,16H,3-4H2,1H3. The lowest BCUT2D eigenvalue weighted by atomic mass is 10.1. The normalized spacial score (nSPS) is 11.2. The average molecular weight is 300 g/mol. The zero-order valence-corrected chi connectivity index (χ0v) is 10.4. The van der Waals surface area contributed by atoms with E-state index in [1.54, 1.807) is 0 Å². The number of esters is 1. The van der Waals surface area contributed by atoms with Crippen molar-refractivity contribution in [3.05, 3.63) is 17.3 Å². The largest absolute Gasteiger partial charge is 0.574 e. The van der Waals surface area contributed by atoms with Crippen molar-refractivity contribution >= 4 is 17.6 Å². The van der Waals surface area contributed by atoms with Crippen LogP contribution >= 0.6 is 11.6 Å². The molecule has 106 valence electrons. The van der Waals surface area contributed by atoms with E-state index in [9.17, 15) is 23.1 Å². The number of aromatic nitrogens is 1. The molecule has 0 atom stereocenters. The minimum atomic E-state index is -5.00. The topological polar surface area (TPSA) is 68.7 Å². The van der Waals surface area contributed by atoms with E-state index in [2.05, 4.69) is 14.5 Å². The van der Waals surface area contributed by atoms with Crippen LogP contribution in [0, 0.1) is 0 Å². The summed E-state index contributed by atoms with van der Waals surface area (Å²) in [7, 11) is 1.12. The Kier molecular flexibility index (Phi) is 4.82. The molecule has 0 fully saturated rings. The summed E-state index contributed by atoms with van der Waals surface area (Å²) in [6.07, 6.45) is -5.39. The molecule has 0 bridgehead atoms. The third-order valence-electron chi connectivity index (χ3n) is 2.03. The summed E-state index contributed by atoms with van der Waals surface area (Å²) in [6.45, 7) is 0. The lowest BCUT2D eigenvalue weighted by Crippen LogP contribution is -2.19. The first kappa shape index (κ1) is 15.4. The molecule has 1 aromatic heterocycles. The van der Waals surface area contributed by atoms with Crippen LogP contribution in [0.3, 0.4) is 0 Å². The Labute approximate surface area is 110 Å². The molecule has 0 spiro atoms.